The molecule has 0 radical (unpaired) electrons. The number of hydrogen-bond donors (Lipinski definition) is 1. The topological polar surface area (TPSA) is 38.1 Å². The Bertz CT molecular complexity index is 566. The molecule has 0 unspecified atom stereocenters. The van der Waals surface area contributed by atoms with Crippen molar-refractivity contribution in [2.45, 2.75) is 25.4 Å². The van der Waals surface area contributed by atoms with Crippen LogP contribution in [0, 0.1) is 5.82 Å². The van der Waals surface area contributed by atoms with Crippen LogP contribution in [0.1, 0.15) is 18.5 Å². The van der Waals surface area contributed by atoms with Crippen LogP contribution in [0.2, 0.25) is 0 Å². The van der Waals surface area contributed by atoms with Gasteiger partial charge in [0.2, 0.25) is 5.89 Å². The monoisotopic (exact) mass is 310 g/mol. The molecule has 0 bridgehead atoms. The normalized spacial score (nSPS) is 15.0. The fourth-order valence-electron chi connectivity index (χ4n) is 1.72. The SMILES string of the molecule is Fc1c(Br)cccc1-c1nc(CNC2CC2)co1. The molecular weight excluding hydrogens is 299 g/mol. The van der Waals surface area contributed by atoms with E-state index in [1.807, 2.05) is 0 Å². The minimum absolute atomic E-state index is 0.321. The standard InChI is InChI=1S/C13H12BrFN2O/c14-11-3-1-2-10(12(11)15)13-17-9(7-18-13)6-16-8-4-5-8/h1-3,7-8,16H,4-6H2. The van der Waals surface area contributed by atoms with Crippen LogP contribution in [-0.2, 0) is 6.54 Å². The lowest BCUT2D eigenvalue weighted by Gasteiger charge is -1.99. The minimum Gasteiger partial charge on any atom is -0.444 e. The highest BCUT2D eigenvalue weighted by atomic mass is 79.9. The summed E-state index contributed by atoms with van der Waals surface area (Å²) >= 11 is 3.15. The van der Waals surface area contributed by atoms with Gasteiger partial charge < -0.3 is 9.73 Å². The maximum Gasteiger partial charge on any atom is 0.229 e. The minimum atomic E-state index is -0.346. The average Bonchev–Trinajstić information content (AvgIpc) is 3.08. The van der Waals surface area contributed by atoms with Crippen molar-refractivity contribution in [2.75, 3.05) is 0 Å². The van der Waals surface area contributed by atoms with E-state index in [1.54, 1.807) is 24.5 Å². The molecule has 0 spiro atoms. The molecule has 3 nitrogen and oxygen atoms in total. The molecule has 1 aliphatic rings. The first-order valence-electron chi connectivity index (χ1n) is 5.86. The van der Waals surface area contributed by atoms with Gasteiger partial charge in [0.1, 0.15) is 12.1 Å². The van der Waals surface area contributed by atoms with Crippen LogP contribution in [-0.4, -0.2) is 11.0 Å². The molecule has 5 heteroatoms. The van der Waals surface area contributed by atoms with E-state index in [0.717, 1.165) is 5.69 Å². The summed E-state index contributed by atoms with van der Waals surface area (Å²) in [5.74, 6) is -0.0255. The molecule has 1 aromatic carbocycles. The Morgan fingerprint density at radius 3 is 3.06 bits per heavy atom. The summed E-state index contributed by atoms with van der Waals surface area (Å²) in [5.41, 5.74) is 1.18. The maximum absolute atomic E-state index is 13.9. The van der Waals surface area contributed by atoms with Gasteiger partial charge in [0.05, 0.1) is 15.7 Å². The van der Waals surface area contributed by atoms with Gasteiger partial charge in [0.15, 0.2) is 0 Å². The van der Waals surface area contributed by atoms with Crippen LogP contribution in [0.5, 0.6) is 0 Å². The van der Waals surface area contributed by atoms with Gasteiger partial charge in [-0.1, -0.05) is 6.07 Å². The number of nitrogens with one attached hydrogen (secondary N) is 1. The van der Waals surface area contributed by atoms with Crippen LogP contribution < -0.4 is 5.32 Å². The molecule has 18 heavy (non-hydrogen) atoms. The molecule has 0 atom stereocenters. The van der Waals surface area contributed by atoms with Gasteiger partial charge in [-0.3, -0.25) is 0 Å². The number of aromatic nitrogens is 1. The Morgan fingerprint density at radius 1 is 1.44 bits per heavy atom. The summed E-state index contributed by atoms with van der Waals surface area (Å²) in [6, 6.07) is 5.68. The lowest BCUT2D eigenvalue weighted by atomic mass is 10.2. The predicted octanol–water partition coefficient (Wildman–Crippen LogP) is 3.50. The molecule has 1 N–H and O–H groups in total. The van der Waals surface area contributed by atoms with Crippen LogP contribution in [0.3, 0.4) is 0 Å². The van der Waals surface area contributed by atoms with Gasteiger partial charge >= 0.3 is 0 Å². The van der Waals surface area contributed by atoms with Crippen molar-refractivity contribution in [3.63, 3.8) is 0 Å². The molecule has 0 saturated heterocycles. The fourth-order valence-corrected chi connectivity index (χ4v) is 2.08. The molecule has 1 fully saturated rings. The van der Waals surface area contributed by atoms with Gasteiger partial charge in [0.25, 0.3) is 0 Å². The molecule has 1 aliphatic carbocycles. The number of halogens is 2. The number of benzene rings is 1. The predicted molar refractivity (Wildman–Crippen MR) is 69.5 cm³/mol. The van der Waals surface area contributed by atoms with Gasteiger partial charge in [-0.25, -0.2) is 9.37 Å². The van der Waals surface area contributed by atoms with Crippen LogP contribution >= 0.6 is 15.9 Å². The van der Waals surface area contributed by atoms with E-state index in [0.29, 0.717) is 28.5 Å². The first-order chi connectivity index (χ1) is 8.74. The van der Waals surface area contributed by atoms with Crippen molar-refractivity contribution in [3.8, 4) is 11.5 Å². The molecule has 1 aromatic heterocycles. The van der Waals surface area contributed by atoms with Crippen molar-refractivity contribution in [2.24, 2.45) is 0 Å². The maximum atomic E-state index is 13.9. The number of hydrogen-bond acceptors (Lipinski definition) is 3. The summed E-state index contributed by atoms with van der Waals surface area (Å²) < 4.78 is 19.6. The Labute approximate surface area is 113 Å². The van der Waals surface area contributed by atoms with Crippen LogP contribution in [0.25, 0.3) is 11.5 Å². The Kier molecular flexibility index (Phi) is 3.18. The largest absolute Gasteiger partial charge is 0.444 e. The number of oxazole rings is 1. The highest BCUT2D eigenvalue weighted by Crippen LogP contribution is 2.27. The van der Waals surface area contributed by atoms with E-state index in [1.165, 1.54) is 12.8 Å². The summed E-state index contributed by atoms with van der Waals surface area (Å²) in [5, 5.41) is 3.34. The van der Waals surface area contributed by atoms with Crippen LogP contribution in [0.4, 0.5) is 4.39 Å². The van der Waals surface area contributed by atoms with Crippen molar-refractivity contribution >= 4 is 15.9 Å². The van der Waals surface area contributed by atoms with Crippen molar-refractivity contribution in [3.05, 3.63) is 40.4 Å². The van der Waals surface area contributed by atoms with E-state index in [2.05, 4.69) is 26.2 Å². The molecule has 94 valence electrons. The summed E-state index contributed by atoms with van der Waals surface area (Å²) in [6.45, 7) is 0.670. The van der Waals surface area contributed by atoms with Crippen molar-refractivity contribution in [1.82, 2.24) is 10.3 Å². The average molecular weight is 311 g/mol. The Balaban J connectivity index is 1.80. The van der Waals surface area contributed by atoms with E-state index in [4.69, 9.17) is 4.42 Å². The van der Waals surface area contributed by atoms with Gasteiger partial charge in [-0.15, -0.1) is 0 Å². The molecule has 1 saturated carbocycles. The molecule has 2 aromatic rings. The second-order valence-electron chi connectivity index (χ2n) is 4.40. The highest BCUT2D eigenvalue weighted by molar-refractivity contribution is 9.10. The Morgan fingerprint density at radius 2 is 2.28 bits per heavy atom. The van der Waals surface area contributed by atoms with Gasteiger partial charge in [-0.2, -0.15) is 0 Å². The lowest BCUT2D eigenvalue weighted by Crippen LogP contribution is -2.15. The Hall–Kier alpha value is -1.20. The first-order valence-corrected chi connectivity index (χ1v) is 6.65. The zero-order chi connectivity index (χ0) is 12.5. The molecular formula is C13H12BrFN2O. The smallest absolute Gasteiger partial charge is 0.229 e. The summed E-state index contributed by atoms with van der Waals surface area (Å²) in [4.78, 5) is 4.29. The van der Waals surface area contributed by atoms with E-state index in [9.17, 15) is 4.39 Å². The summed E-state index contributed by atoms with van der Waals surface area (Å²) in [6.07, 6.45) is 4.03. The molecule has 3 rings (SSSR count). The third-order valence-electron chi connectivity index (χ3n) is 2.88. The lowest BCUT2D eigenvalue weighted by molar-refractivity contribution is 0.558. The molecule has 0 amide bonds. The molecule has 1 heterocycles. The quantitative estimate of drug-likeness (QED) is 0.939. The van der Waals surface area contributed by atoms with Crippen molar-refractivity contribution < 1.29 is 8.81 Å². The van der Waals surface area contributed by atoms with Crippen molar-refractivity contribution in [1.29, 1.82) is 0 Å². The van der Waals surface area contributed by atoms with Gasteiger partial charge in [0, 0.05) is 12.6 Å². The third kappa shape index (κ3) is 2.47. The first kappa shape index (κ1) is 11.9. The van der Waals surface area contributed by atoms with E-state index < -0.39 is 0 Å². The number of nitrogens with zero attached hydrogens (tertiary/aromatic N) is 1. The number of rotatable bonds is 4. The van der Waals surface area contributed by atoms with Gasteiger partial charge in [-0.05, 0) is 40.9 Å². The van der Waals surface area contributed by atoms with E-state index >= 15 is 0 Å². The second-order valence-corrected chi connectivity index (χ2v) is 5.25. The van der Waals surface area contributed by atoms with E-state index in [-0.39, 0.29) is 5.82 Å². The zero-order valence-electron chi connectivity index (χ0n) is 9.62. The highest BCUT2D eigenvalue weighted by Gasteiger charge is 2.21. The second kappa shape index (κ2) is 4.82. The van der Waals surface area contributed by atoms with Crippen LogP contribution in [0.15, 0.2) is 33.4 Å². The fraction of sp³-hybridized carbons (Fsp3) is 0.308. The zero-order valence-corrected chi connectivity index (χ0v) is 11.2. The molecule has 0 aliphatic heterocycles. The third-order valence-corrected chi connectivity index (χ3v) is 3.50. The summed E-state index contributed by atoms with van der Waals surface area (Å²) in [7, 11) is 0.